The highest BCUT2D eigenvalue weighted by molar-refractivity contribution is 7.91. The highest BCUT2D eigenvalue weighted by Crippen LogP contribution is 2.29. The van der Waals surface area contributed by atoms with Gasteiger partial charge in [0.05, 0.1) is 0 Å². The van der Waals surface area contributed by atoms with Crippen molar-refractivity contribution in [3.63, 3.8) is 0 Å². The molecule has 0 aliphatic heterocycles. The van der Waals surface area contributed by atoms with Gasteiger partial charge in [-0.25, -0.2) is 8.42 Å². The molecule has 0 aliphatic carbocycles. The van der Waals surface area contributed by atoms with Crippen molar-refractivity contribution in [2.45, 2.75) is 56.8 Å². The molecule has 1 heterocycles. The molecule has 0 aliphatic rings. The van der Waals surface area contributed by atoms with Crippen LogP contribution in [0.4, 0.5) is 0 Å². The Morgan fingerprint density at radius 2 is 2.00 bits per heavy atom. The Kier molecular flexibility index (Phi) is 6.19. The van der Waals surface area contributed by atoms with Gasteiger partial charge in [-0.15, -0.1) is 11.3 Å². The molecule has 0 spiro atoms. The number of hydrogen-bond donors (Lipinski definition) is 1. The number of hydrogen-bond acceptors (Lipinski definition) is 4. The Morgan fingerprint density at radius 3 is 2.55 bits per heavy atom. The van der Waals surface area contributed by atoms with Gasteiger partial charge in [0.1, 0.15) is 4.21 Å². The molecule has 0 aromatic carbocycles. The van der Waals surface area contributed by atoms with Crippen molar-refractivity contribution in [2.75, 3.05) is 13.6 Å². The minimum absolute atomic E-state index is 0.372. The van der Waals surface area contributed by atoms with Crippen LogP contribution in [0.2, 0.25) is 0 Å². The Balaban J connectivity index is 2.88. The first-order valence-corrected chi connectivity index (χ1v) is 9.34. The molecule has 4 nitrogen and oxygen atoms in total. The summed E-state index contributed by atoms with van der Waals surface area (Å²) in [6.45, 7) is 9.67. The van der Waals surface area contributed by atoms with Gasteiger partial charge < -0.3 is 5.32 Å². The number of nitrogens with one attached hydrogen (secondary N) is 1. The van der Waals surface area contributed by atoms with Gasteiger partial charge in [0, 0.05) is 19.1 Å². The molecule has 1 aromatic heterocycles. The van der Waals surface area contributed by atoms with E-state index >= 15 is 0 Å². The lowest BCUT2D eigenvalue weighted by atomic mass is 10.0. The summed E-state index contributed by atoms with van der Waals surface area (Å²) in [7, 11) is -1.73. The largest absolute Gasteiger partial charge is 0.313 e. The number of nitrogens with zero attached hydrogens (tertiary/aromatic N) is 1. The predicted octanol–water partition coefficient (Wildman–Crippen LogP) is 3.06. The van der Waals surface area contributed by atoms with Gasteiger partial charge in [-0.3, -0.25) is 0 Å². The van der Waals surface area contributed by atoms with Crippen LogP contribution in [0.1, 0.15) is 46.1 Å². The van der Waals surface area contributed by atoms with Crippen LogP contribution in [0.3, 0.4) is 0 Å². The van der Waals surface area contributed by atoms with E-state index in [1.807, 2.05) is 26.2 Å². The lowest BCUT2D eigenvalue weighted by Crippen LogP contribution is -2.44. The molecular weight excluding hydrogens is 292 g/mol. The molecule has 0 unspecified atom stereocenters. The second-order valence-corrected chi connectivity index (χ2v) is 8.70. The molecule has 116 valence electrons. The first kappa shape index (κ1) is 17.6. The zero-order valence-corrected chi connectivity index (χ0v) is 14.7. The van der Waals surface area contributed by atoms with Crippen LogP contribution < -0.4 is 5.32 Å². The summed E-state index contributed by atoms with van der Waals surface area (Å²) in [4.78, 5) is 0. The van der Waals surface area contributed by atoms with E-state index in [1.54, 1.807) is 13.1 Å². The minimum atomic E-state index is -3.39. The van der Waals surface area contributed by atoms with Crippen LogP contribution in [0.5, 0.6) is 0 Å². The molecule has 20 heavy (non-hydrogen) atoms. The molecule has 0 fully saturated rings. The van der Waals surface area contributed by atoms with Gasteiger partial charge in [0.15, 0.2) is 0 Å². The maximum Gasteiger partial charge on any atom is 0.252 e. The molecule has 1 N–H and O–H groups in total. The van der Waals surface area contributed by atoms with Crippen molar-refractivity contribution in [2.24, 2.45) is 0 Å². The van der Waals surface area contributed by atoms with Crippen LogP contribution in [0.25, 0.3) is 0 Å². The molecule has 0 radical (unpaired) electrons. The zero-order valence-electron chi connectivity index (χ0n) is 13.1. The first-order chi connectivity index (χ1) is 9.25. The average molecular weight is 319 g/mol. The zero-order chi connectivity index (χ0) is 15.4. The van der Waals surface area contributed by atoms with Gasteiger partial charge in [0.25, 0.3) is 10.0 Å². The SMILES string of the molecule is CCCNCc1csc(S(=O)(=O)N(C)C(C)(C)CC)c1. The van der Waals surface area contributed by atoms with Gasteiger partial charge in [-0.2, -0.15) is 4.31 Å². The van der Waals surface area contributed by atoms with E-state index in [1.165, 1.54) is 15.6 Å². The third-order valence-corrected chi connectivity index (χ3v) is 7.25. The summed E-state index contributed by atoms with van der Waals surface area (Å²) in [5.41, 5.74) is 0.661. The first-order valence-electron chi connectivity index (χ1n) is 7.03. The highest BCUT2D eigenvalue weighted by atomic mass is 32.2. The third kappa shape index (κ3) is 4.04. The lowest BCUT2D eigenvalue weighted by molar-refractivity contribution is 0.257. The van der Waals surface area contributed by atoms with Gasteiger partial charge in [0.2, 0.25) is 0 Å². The van der Waals surface area contributed by atoms with E-state index in [2.05, 4.69) is 12.2 Å². The fourth-order valence-corrected chi connectivity index (χ4v) is 4.63. The van der Waals surface area contributed by atoms with Crippen molar-refractivity contribution in [3.8, 4) is 0 Å². The normalized spacial score (nSPS) is 13.1. The number of sulfonamides is 1. The summed E-state index contributed by atoms with van der Waals surface area (Å²) in [6, 6.07) is 1.78. The van der Waals surface area contributed by atoms with Crippen molar-refractivity contribution in [3.05, 3.63) is 17.0 Å². The molecule has 6 heteroatoms. The second kappa shape index (κ2) is 7.02. The molecule has 0 bridgehead atoms. The average Bonchev–Trinajstić information content (AvgIpc) is 2.87. The topological polar surface area (TPSA) is 49.4 Å². The van der Waals surface area contributed by atoms with Crippen LogP contribution in [0, 0.1) is 0 Å². The maximum atomic E-state index is 12.6. The highest BCUT2D eigenvalue weighted by Gasteiger charge is 2.33. The Morgan fingerprint density at radius 1 is 1.35 bits per heavy atom. The minimum Gasteiger partial charge on any atom is -0.313 e. The summed E-state index contributed by atoms with van der Waals surface area (Å²) in [5, 5.41) is 5.20. The Hall–Kier alpha value is -0.430. The van der Waals surface area contributed by atoms with E-state index in [0.717, 1.165) is 31.5 Å². The second-order valence-electron chi connectivity index (χ2n) is 5.59. The standard InChI is InChI=1S/C14H26N2O2S2/c1-6-8-15-10-12-9-13(19-11-12)20(17,18)16(5)14(3,4)7-2/h9,11,15H,6-8,10H2,1-5H3. The van der Waals surface area contributed by atoms with Crippen LogP contribution in [-0.2, 0) is 16.6 Å². The van der Waals surface area contributed by atoms with E-state index in [9.17, 15) is 8.42 Å². The molecule has 1 aromatic rings. The number of rotatable bonds is 8. The van der Waals surface area contributed by atoms with Crippen LogP contribution >= 0.6 is 11.3 Å². The van der Waals surface area contributed by atoms with Gasteiger partial charge in [-0.05, 0) is 50.2 Å². The van der Waals surface area contributed by atoms with E-state index in [0.29, 0.717) is 4.21 Å². The van der Waals surface area contributed by atoms with Crippen LogP contribution in [-0.4, -0.2) is 31.9 Å². The summed E-state index contributed by atoms with van der Waals surface area (Å²) < 4.78 is 27.1. The van der Waals surface area contributed by atoms with Gasteiger partial charge >= 0.3 is 0 Å². The lowest BCUT2D eigenvalue weighted by Gasteiger charge is -2.33. The summed E-state index contributed by atoms with van der Waals surface area (Å²) in [5.74, 6) is 0. The van der Waals surface area contributed by atoms with Gasteiger partial charge in [-0.1, -0.05) is 13.8 Å². The van der Waals surface area contributed by atoms with E-state index < -0.39 is 10.0 Å². The monoisotopic (exact) mass is 318 g/mol. The Bertz CT molecular complexity index is 521. The third-order valence-electron chi connectivity index (χ3n) is 3.72. The number of thiophene rings is 1. The van der Waals surface area contributed by atoms with Crippen molar-refractivity contribution < 1.29 is 8.42 Å². The maximum absolute atomic E-state index is 12.6. The molecule has 1 rings (SSSR count). The quantitative estimate of drug-likeness (QED) is 0.750. The summed E-state index contributed by atoms with van der Waals surface area (Å²) in [6.07, 6.45) is 1.85. The Labute approximate surface area is 127 Å². The van der Waals surface area contributed by atoms with Crippen molar-refractivity contribution in [1.29, 1.82) is 0 Å². The fourth-order valence-electron chi connectivity index (χ4n) is 1.67. The smallest absolute Gasteiger partial charge is 0.252 e. The molecular formula is C14H26N2O2S2. The fraction of sp³-hybridized carbons (Fsp3) is 0.714. The predicted molar refractivity (Wildman–Crippen MR) is 85.6 cm³/mol. The molecule has 0 saturated heterocycles. The van der Waals surface area contributed by atoms with E-state index in [-0.39, 0.29) is 5.54 Å². The van der Waals surface area contributed by atoms with Crippen molar-refractivity contribution in [1.82, 2.24) is 9.62 Å². The van der Waals surface area contributed by atoms with E-state index in [4.69, 9.17) is 0 Å². The molecule has 0 atom stereocenters. The van der Waals surface area contributed by atoms with Crippen molar-refractivity contribution >= 4 is 21.4 Å². The summed E-state index contributed by atoms with van der Waals surface area (Å²) >= 11 is 1.30. The molecule has 0 saturated carbocycles. The van der Waals surface area contributed by atoms with Crippen LogP contribution in [0.15, 0.2) is 15.7 Å². The molecule has 0 amide bonds.